The van der Waals surface area contributed by atoms with Gasteiger partial charge in [-0.25, -0.2) is 12.8 Å². The van der Waals surface area contributed by atoms with Crippen molar-refractivity contribution in [1.82, 2.24) is 0 Å². The first-order valence-electron chi connectivity index (χ1n) is 8.01. The number of carbonyl (C=O) groups is 1. The molecule has 1 amide bonds. The second-order valence-electron chi connectivity index (χ2n) is 6.94. The van der Waals surface area contributed by atoms with Crippen LogP contribution in [0.15, 0.2) is 42.5 Å². The van der Waals surface area contributed by atoms with Gasteiger partial charge in [-0.15, -0.1) is 0 Å². The molecule has 152 valence electrons. The number of anilines is 2. The van der Waals surface area contributed by atoms with E-state index in [1.807, 2.05) is 0 Å². The summed E-state index contributed by atoms with van der Waals surface area (Å²) in [5.74, 6) is -2.19. The zero-order valence-corrected chi connectivity index (χ0v) is 16.0. The zero-order valence-electron chi connectivity index (χ0n) is 15.2. The molecule has 0 aliphatic heterocycles. The molecule has 0 saturated heterocycles. The van der Waals surface area contributed by atoms with E-state index in [4.69, 9.17) is 0 Å². The van der Waals surface area contributed by atoms with Gasteiger partial charge in [-0.05, 0) is 63.2 Å². The average Bonchev–Trinajstić information content (AvgIpc) is 2.52. The van der Waals surface area contributed by atoms with Crippen LogP contribution < -0.4 is 10.0 Å². The zero-order chi connectivity index (χ0) is 21.3. The molecule has 0 radical (unpaired) electrons. The Kier molecular flexibility index (Phi) is 5.74. The summed E-state index contributed by atoms with van der Waals surface area (Å²) in [7, 11) is -3.64. The number of rotatable bonds is 4. The lowest BCUT2D eigenvalue weighted by molar-refractivity contribution is -0.139. The van der Waals surface area contributed by atoms with Crippen LogP contribution in [0.1, 0.15) is 36.7 Å². The number of halogens is 4. The first-order chi connectivity index (χ1) is 12.7. The lowest BCUT2D eigenvalue weighted by Gasteiger charge is -2.20. The van der Waals surface area contributed by atoms with Crippen LogP contribution in [-0.4, -0.2) is 19.1 Å². The maximum absolute atomic E-state index is 13.6. The average molecular weight is 418 g/mol. The van der Waals surface area contributed by atoms with E-state index >= 15 is 0 Å². The Morgan fingerprint density at radius 2 is 1.46 bits per heavy atom. The third kappa shape index (κ3) is 5.00. The lowest BCUT2D eigenvalue weighted by Crippen LogP contribution is -2.33. The molecule has 2 rings (SSSR count). The highest BCUT2D eigenvalue weighted by Gasteiger charge is 2.34. The van der Waals surface area contributed by atoms with E-state index in [0.29, 0.717) is 12.1 Å². The molecule has 0 spiro atoms. The highest BCUT2D eigenvalue weighted by atomic mass is 32.2. The summed E-state index contributed by atoms with van der Waals surface area (Å²) >= 11 is 0. The first kappa shape index (κ1) is 21.7. The van der Waals surface area contributed by atoms with Crippen LogP contribution in [0.3, 0.4) is 0 Å². The molecule has 0 saturated carbocycles. The van der Waals surface area contributed by atoms with Gasteiger partial charge in [-0.1, -0.05) is 0 Å². The Hall–Kier alpha value is -2.62. The molecule has 10 heteroatoms. The van der Waals surface area contributed by atoms with E-state index in [2.05, 4.69) is 10.0 Å². The molecule has 0 heterocycles. The summed E-state index contributed by atoms with van der Waals surface area (Å²) in [5, 5.41) is 2.28. The predicted molar refractivity (Wildman–Crippen MR) is 98.1 cm³/mol. The smallest absolute Gasteiger partial charge is 0.322 e. The Labute approximate surface area is 159 Å². The van der Waals surface area contributed by atoms with E-state index in [0.717, 1.165) is 6.07 Å². The Morgan fingerprint density at radius 1 is 0.929 bits per heavy atom. The summed E-state index contributed by atoms with van der Waals surface area (Å²) in [4.78, 5) is 12.2. The van der Waals surface area contributed by atoms with Gasteiger partial charge in [0.05, 0.1) is 10.3 Å². The van der Waals surface area contributed by atoms with Gasteiger partial charge in [0.1, 0.15) is 5.82 Å². The fourth-order valence-electron chi connectivity index (χ4n) is 2.02. The second-order valence-corrected chi connectivity index (χ2v) is 9.38. The van der Waals surface area contributed by atoms with E-state index in [9.17, 15) is 30.8 Å². The van der Waals surface area contributed by atoms with Gasteiger partial charge in [0, 0.05) is 16.9 Å². The highest BCUT2D eigenvalue weighted by Crippen LogP contribution is 2.32. The van der Waals surface area contributed by atoms with Gasteiger partial charge in [0.25, 0.3) is 5.91 Å². The summed E-state index contributed by atoms with van der Waals surface area (Å²) in [5.41, 5.74) is -1.22. The fraction of sp³-hybridized carbons (Fsp3) is 0.278. The van der Waals surface area contributed by atoms with Crippen molar-refractivity contribution in [3.63, 3.8) is 0 Å². The molecular weight excluding hydrogens is 400 g/mol. The minimum atomic E-state index is -4.83. The molecule has 2 N–H and O–H groups in total. The van der Waals surface area contributed by atoms with E-state index in [1.54, 1.807) is 0 Å². The molecule has 0 atom stereocenters. The van der Waals surface area contributed by atoms with Crippen molar-refractivity contribution < 1.29 is 30.8 Å². The predicted octanol–water partition coefficient (Wildman–Crippen LogP) is 4.64. The van der Waals surface area contributed by atoms with E-state index in [1.165, 1.54) is 45.0 Å². The van der Waals surface area contributed by atoms with Crippen molar-refractivity contribution in [2.75, 3.05) is 10.0 Å². The van der Waals surface area contributed by atoms with Gasteiger partial charge >= 0.3 is 6.18 Å². The van der Waals surface area contributed by atoms with Gasteiger partial charge in [0.2, 0.25) is 10.0 Å². The summed E-state index contributed by atoms with van der Waals surface area (Å²) in [6.07, 6.45) is -4.83. The van der Waals surface area contributed by atoms with Crippen LogP contribution >= 0.6 is 0 Å². The van der Waals surface area contributed by atoms with Crippen molar-refractivity contribution in [2.45, 2.75) is 31.7 Å². The molecule has 0 unspecified atom stereocenters. The van der Waals surface area contributed by atoms with E-state index in [-0.39, 0.29) is 16.9 Å². The van der Waals surface area contributed by atoms with Gasteiger partial charge in [-0.2, -0.15) is 13.2 Å². The third-order valence-electron chi connectivity index (χ3n) is 3.74. The van der Waals surface area contributed by atoms with Gasteiger partial charge in [0.15, 0.2) is 0 Å². The van der Waals surface area contributed by atoms with Crippen molar-refractivity contribution >= 4 is 27.3 Å². The number of nitrogens with one attached hydrogen (secondary N) is 2. The molecule has 2 aromatic carbocycles. The molecule has 5 nitrogen and oxygen atoms in total. The van der Waals surface area contributed by atoms with Gasteiger partial charge < -0.3 is 5.32 Å². The minimum absolute atomic E-state index is 0.110. The first-order valence-corrected chi connectivity index (χ1v) is 9.49. The lowest BCUT2D eigenvalue weighted by atomic mass is 10.1. The monoisotopic (exact) mass is 418 g/mol. The number of hydrogen-bond acceptors (Lipinski definition) is 3. The van der Waals surface area contributed by atoms with Gasteiger partial charge in [-0.3, -0.25) is 9.52 Å². The Bertz CT molecular complexity index is 979. The molecule has 0 aliphatic rings. The SMILES string of the molecule is CC(C)(C)S(=O)(=O)Nc1ccc(C(=O)Nc2ccc(C(F)(F)F)c(F)c2)cc1. The molecule has 2 aromatic rings. The Balaban J connectivity index is 2.13. The van der Waals surface area contributed by atoms with E-state index < -0.39 is 38.2 Å². The van der Waals surface area contributed by atoms with Crippen LogP contribution in [0.5, 0.6) is 0 Å². The van der Waals surface area contributed by atoms with Crippen LogP contribution in [0.2, 0.25) is 0 Å². The minimum Gasteiger partial charge on any atom is -0.322 e. The third-order valence-corrected chi connectivity index (χ3v) is 5.85. The van der Waals surface area contributed by atoms with Crippen molar-refractivity contribution in [2.24, 2.45) is 0 Å². The van der Waals surface area contributed by atoms with Crippen LogP contribution in [0.25, 0.3) is 0 Å². The highest BCUT2D eigenvalue weighted by molar-refractivity contribution is 7.94. The molecule has 0 aromatic heterocycles. The maximum Gasteiger partial charge on any atom is 0.419 e. The quantitative estimate of drug-likeness (QED) is 0.711. The number of hydrogen-bond donors (Lipinski definition) is 2. The summed E-state index contributed by atoms with van der Waals surface area (Å²) in [6, 6.07) is 7.45. The van der Waals surface area contributed by atoms with Crippen molar-refractivity contribution in [3.05, 3.63) is 59.4 Å². The number of benzene rings is 2. The maximum atomic E-state index is 13.6. The largest absolute Gasteiger partial charge is 0.419 e. The molecular formula is C18H18F4N2O3S. The molecule has 0 fully saturated rings. The van der Waals surface area contributed by atoms with Crippen LogP contribution in [0.4, 0.5) is 28.9 Å². The fourth-order valence-corrected chi connectivity index (χ4v) is 2.78. The Morgan fingerprint density at radius 3 is 1.93 bits per heavy atom. The summed E-state index contributed by atoms with van der Waals surface area (Å²) in [6.45, 7) is 4.58. The van der Waals surface area contributed by atoms with Crippen LogP contribution in [0, 0.1) is 5.82 Å². The molecule has 28 heavy (non-hydrogen) atoms. The number of carbonyl (C=O) groups excluding carboxylic acids is 1. The second kappa shape index (κ2) is 7.42. The molecule has 0 aliphatic carbocycles. The standard InChI is InChI=1S/C18H18F4N2O3S/c1-17(2,3)28(26,27)24-12-6-4-11(5-7-12)16(25)23-13-8-9-14(15(19)10-13)18(20,21)22/h4-10,24H,1-3H3,(H,23,25). The topological polar surface area (TPSA) is 75.3 Å². The normalized spacial score (nSPS) is 12.5. The van der Waals surface area contributed by atoms with Crippen LogP contribution in [-0.2, 0) is 16.2 Å². The number of sulfonamides is 1. The number of alkyl halides is 3. The summed E-state index contributed by atoms with van der Waals surface area (Å²) < 4.78 is 76.8. The molecule has 0 bridgehead atoms. The van der Waals surface area contributed by atoms with Crippen molar-refractivity contribution in [1.29, 1.82) is 0 Å². The van der Waals surface area contributed by atoms with Crippen molar-refractivity contribution in [3.8, 4) is 0 Å². The number of amides is 1.